The van der Waals surface area contributed by atoms with Crippen LogP contribution in [0, 0.1) is 17.0 Å². The Hall–Kier alpha value is -2.91. The Morgan fingerprint density at radius 1 is 1.42 bits per heavy atom. The Bertz CT molecular complexity index is 771. The maximum atomic E-state index is 12.8. The second-order valence-corrected chi connectivity index (χ2v) is 5.04. The van der Waals surface area contributed by atoms with Crippen LogP contribution in [-0.2, 0) is 17.5 Å². The number of hydrogen-bond donors (Lipinski definition) is 1. The van der Waals surface area contributed by atoms with Crippen LogP contribution in [0.3, 0.4) is 0 Å². The van der Waals surface area contributed by atoms with Crippen LogP contribution in [0.5, 0.6) is 0 Å². The number of anilines is 1. The molecule has 0 saturated heterocycles. The van der Waals surface area contributed by atoms with E-state index >= 15 is 0 Å². The molecule has 0 fully saturated rings. The predicted octanol–water partition coefficient (Wildman–Crippen LogP) is 3.15. The molecule has 0 aliphatic rings. The van der Waals surface area contributed by atoms with Crippen LogP contribution in [0.15, 0.2) is 30.6 Å². The molecule has 0 spiro atoms. The zero-order valence-corrected chi connectivity index (χ0v) is 12.5. The summed E-state index contributed by atoms with van der Waals surface area (Å²) in [6, 6.07) is 3.52. The number of nitrogens with one attached hydrogen (secondary N) is 1. The number of benzene rings is 1. The third-order valence-electron chi connectivity index (χ3n) is 3.23. The van der Waals surface area contributed by atoms with Crippen LogP contribution in [-0.4, -0.2) is 20.6 Å². The Morgan fingerprint density at radius 3 is 2.71 bits per heavy atom. The van der Waals surface area contributed by atoms with Gasteiger partial charge in [0.15, 0.2) is 0 Å². The Balaban J connectivity index is 1.98. The number of halogens is 3. The second kappa shape index (κ2) is 6.69. The van der Waals surface area contributed by atoms with Gasteiger partial charge in [-0.3, -0.25) is 19.6 Å². The molecule has 1 amide bonds. The molecule has 1 heterocycles. The summed E-state index contributed by atoms with van der Waals surface area (Å²) in [5.41, 5.74) is -0.930. The third-order valence-corrected chi connectivity index (χ3v) is 3.23. The minimum Gasteiger partial charge on any atom is -0.326 e. The zero-order valence-electron chi connectivity index (χ0n) is 12.5. The zero-order chi connectivity index (χ0) is 17.9. The van der Waals surface area contributed by atoms with Gasteiger partial charge < -0.3 is 5.32 Å². The molecule has 0 saturated carbocycles. The molecule has 0 atom stereocenters. The van der Waals surface area contributed by atoms with Crippen molar-refractivity contribution >= 4 is 17.3 Å². The number of amides is 1. The summed E-state index contributed by atoms with van der Waals surface area (Å²) in [7, 11) is 0. The van der Waals surface area contributed by atoms with E-state index in [4.69, 9.17) is 0 Å². The molecule has 1 aromatic heterocycles. The van der Waals surface area contributed by atoms with Crippen LogP contribution in [0.2, 0.25) is 0 Å². The van der Waals surface area contributed by atoms with Crippen molar-refractivity contribution in [3.05, 3.63) is 51.8 Å². The van der Waals surface area contributed by atoms with Gasteiger partial charge in [-0.05, 0) is 24.6 Å². The first kappa shape index (κ1) is 17.4. The Kier molecular flexibility index (Phi) is 4.86. The van der Waals surface area contributed by atoms with Gasteiger partial charge in [0, 0.05) is 18.7 Å². The first-order valence-electron chi connectivity index (χ1n) is 6.81. The predicted molar refractivity (Wildman–Crippen MR) is 78.3 cm³/mol. The molecule has 24 heavy (non-hydrogen) atoms. The van der Waals surface area contributed by atoms with Crippen molar-refractivity contribution in [1.29, 1.82) is 0 Å². The van der Waals surface area contributed by atoms with E-state index in [9.17, 15) is 28.1 Å². The largest absolute Gasteiger partial charge is 0.416 e. The summed E-state index contributed by atoms with van der Waals surface area (Å²) in [5, 5.41) is 16.6. The molecule has 0 aliphatic carbocycles. The smallest absolute Gasteiger partial charge is 0.326 e. The summed E-state index contributed by atoms with van der Waals surface area (Å²) in [6.45, 7) is 1.40. The quantitative estimate of drug-likeness (QED) is 0.667. The topological polar surface area (TPSA) is 90.1 Å². The number of carbonyl (C=O) groups excluding carboxylic acids is 1. The summed E-state index contributed by atoms with van der Waals surface area (Å²) in [6.07, 6.45) is -2.37. The minimum absolute atomic E-state index is 0.0318. The first-order valence-corrected chi connectivity index (χ1v) is 6.81. The number of nitrogens with zero attached hydrogens (tertiary/aromatic N) is 3. The fourth-order valence-corrected chi connectivity index (χ4v) is 2.01. The SMILES string of the molecule is Cc1ccc(NC(=O)CCn2cc([N+](=O)[O-])cn2)cc1C(F)(F)F. The van der Waals surface area contributed by atoms with E-state index in [1.165, 1.54) is 29.9 Å². The van der Waals surface area contributed by atoms with Gasteiger partial charge in [-0.2, -0.15) is 18.3 Å². The number of aromatic nitrogens is 2. The second-order valence-electron chi connectivity index (χ2n) is 5.04. The van der Waals surface area contributed by atoms with Gasteiger partial charge in [0.05, 0.1) is 10.5 Å². The number of alkyl halides is 3. The van der Waals surface area contributed by atoms with Crippen molar-refractivity contribution in [1.82, 2.24) is 9.78 Å². The molecule has 0 radical (unpaired) electrons. The number of carbonyl (C=O) groups is 1. The minimum atomic E-state index is -4.50. The molecule has 7 nitrogen and oxygen atoms in total. The van der Waals surface area contributed by atoms with E-state index in [2.05, 4.69) is 10.4 Å². The summed E-state index contributed by atoms with van der Waals surface area (Å²) >= 11 is 0. The van der Waals surface area contributed by atoms with Crippen molar-refractivity contribution in [3.8, 4) is 0 Å². The maximum Gasteiger partial charge on any atom is 0.416 e. The van der Waals surface area contributed by atoms with E-state index in [1.54, 1.807) is 0 Å². The van der Waals surface area contributed by atoms with Gasteiger partial charge in [0.25, 0.3) is 0 Å². The molecule has 1 aromatic carbocycles. The van der Waals surface area contributed by atoms with E-state index < -0.39 is 22.6 Å². The lowest BCUT2D eigenvalue weighted by Gasteiger charge is -2.12. The highest BCUT2D eigenvalue weighted by atomic mass is 19.4. The first-order chi connectivity index (χ1) is 11.2. The molecule has 0 bridgehead atoms. The lowest BCUT2D eigenvalue weighted by Crippen LogP contribution is -2.16. The fourth-order valence-electron chi connectivity index (χ4n) is 2.01. The number of nitro groups is 1. The van der Waals surface area contributed by atoms with Gasteiger partial charge in [-0.1, -0.05) is 6.07 Å². The summed E-state index contributed by atoms with van der Waals surface area (Å²) in [4.78, 5) is 21.7. The highest BCUT2D eigenvalue weighted by Crippen LogP contribution is 2.33. The van der Waals surface area contributed by atoms with Gasteiger partial charge in [0.1, 0.15) is 12.4 Å². The molecule has 128 valence electrons. The van der Waals surface area contributed by atoms with Crippen molar-refractivity contribution in [3.63, 3.8) is 0 Å². The molecule has 1 N–H and O–H groups in total. The van der Waals surface area contributed by atoms with E-state index in [0.29, 0.717) is 0 Å². The van der Waals surface area contributed by atoms with Crippen molar-refractivity contribution in [2.45, 2.75) is 26.1 Å². The van der Waals surface area contributed by atoms with Crippen LogP contribution in [0.4, 0.5) is 24.5 Å². The monoisotopic (exact) mass is 342 g/mol. The van der Waals surface area contributed by atoms with E-state index in [1.807, 2.05) is 0 Å². The highest BCUT2D eigenvalue weighted by molar-refractivity contribution is 5.90. The Morgan fingerprint density at radius 2 is 2.12 bits per heavy atom. The molecule has 0 aliphatic heterocycles. The lowest BCUT2D eigenvalue weighted by molar-refractivity contribution is -0.385. The number of hydrogen-bond acceptors (Lipinski definition) is 4. The Labute approximate surface area is 134 Å². The van der Waals surface area contributed by atoms with Gasteiger partial charge in [-0.25, -0.2) is 0 Å². The standard InChI is InChI=1S/C14H13F3N4O3/c1-9-2-3-10(6-12(9)14(15,16)17)19-13(22)4-5-20-8-11(7-18-20)21(23)24/h2-3,6-8H,4-5H2,1H3,(H,19,22). The van der Waals surface area contributed by atoms with E-state index in [-0.39, 0.29) is 29.9 Å². The van der Waals surface area contributed by atoms with Crippen LogP contribution in [0.25, 0.3) is 0 Å². The summed E-state index contributed by atoms with van der Waals surface area (Å²) in [5.74, 6) is -0.523. The lowest BCUT2D eigenvalue weighted by atomic mass is 10.1. The van der Waals surface area contributed by atoms with Crippen LogP contribution < -0.4 is 5.32 Å². The molecule has 2 rings (SSSR count). The average molecular weight is 342 g/mol. The highest BCUT2D eigenvalue weighted by Gasteiger charge is 2.32. The molecular formula is C14H13F3N4O3. The molecule has 0 unspecified atom stereocenters. The molecule has 2 aromatic rings. The van der Waals surface area contributed by atoms with Crippen molar-refractivity contribution in [2.24, 2.45) is 0 Å². The van der Waals surface area contributed by atoms with Gasteiger partial charge >= 0.3 is 11.9 Å². The van der Waals surface area contributed by atoms with Gasteiger partial charge in [0.2, 0.25) is 5.91 Å². The molecule has 10 heteroatoms. The fraction of sp³-hybridized carbons (Fsp3) is 0.286. The molecular weight excluding hydrogens is 329 g/mol. The van der Waals surface area contributed by atoms with E-state index in [0.717, 1.165) is 12.3 Å². The maximum absolute atomic E-state index is 12.8. The average Bonchev–Trinajstić information content (AvgIpc) is 2.95. The van der Waals surface area contributed by atoms with Crippen LogP contribution >= 0.6 is 0 Å². The summed E-state index contributed by atoms with van der Waals surface area (Å²) < 4.78 is 39.7. The van der Waals surface area contributed by atoms with Gasteiger partial charge in [-0.15, -0.1) is 0 Å². The van der Waals surface area contributed by atoms with Crippen LogP contribution in [0.1, 0.15) is 17.5 Å². The normalized spacial score (nSPS) is 11.3. The third kappa shape index (κ3) is 4.31. The number of aryl methyl sites for hydroxylation is 2. The van der Waals surface area contributed by atoms with Crippen molar-refractivity contribution < 1.29 is 22.9 Å². The number of rotatable bonds is 5. The van der Waals surface area contributed by atoms with Crippen molar-refractivity contribution in [2.75, 3.05) is 5.32 Å².